The van der Waals surface area contributed by atoms with Gasteiger partial charge in [0.2, 0.25) is 10.0 Å². The fourth-order valence-electron chi connectivity index (χ4n) is 1.88. The van der Waals surface area contributed by atoms with E-state index in [0.29, 0.717) is 24.7 Å². The molecule has 0 heterocycles. The molecule has 1 aromatic carbocycles. The minimum absolute atomic E-state index is 0.183. The van der Waals surface area contributed by atoms with Gasteiger partial charge in [-0.15, -0.1) is 0 Å². The lowest BCUT2D eigenvalue weighted by Gasteiger charge is -2.18. The van der Waals surface area contributed by atoms with Crippen molar-refractivity contribution in [2.75, 3.05) is 32.5 Å². The van der Waals surface area contributed by atoms with Gasteiger partial charge in [-0.2, -0.15) is 4.31 Å². The lowest BCUT2D eigenvalue weighted by Crippen LogP contribution is -2.31. The Morgan fingerprint density at radius 1 is 1.43 bits per heavy atom. The number of nitrogen functional groups attached to an aromatic ring is 1. The van der Waals surface area contributed by atoms with Crippen molar-refractivity contribution in [2.45, 2.75) is 24.7 Å². The highest BCUT2D eigenvalue weighted by atomic mass is 32.2. The SMILES string of the molecule is Cc1cc(F)c(S(=O)(=O)N(C)CCOCC2CC2)cc1N. The first-order valence-electron chi connectivity index (χ1n) is 6.92. The minimum Gasteiger partial charge on any atom is -0.398 e. The Hall–Kier alpha value is -1.18. The summed E-state index contributed by atoms with van der Waals surface area (Å²) in [5.74, 6) is -0.159. The fraction of sp³-hybridized carbons (Fsp3) is 0.571. The van der Waals surface area contributed by atoms with Crippen LogP contribution in [0.25, 0.3) is 0 Å². The number of hydrogen-bond donors (Lipinski definition) is 1. The molecule has 0 unspecified atom stereocenters. The molecule has 2 rings (SSSR count). The molecule has 1 fully saturated rings. The summed E-state index contributed by atoms with van der Waals surface area (Å²) in [4.78, 5) is -0.393. The van der Waals surface area contributed by atoms with Crippen molar-refractivity contribution in [1.82, 2.24) is 4.31 Å². The lowest BCUT2D eigenvalue weighted by atomic mass is 10.2. The molecule has 0 aromatic heterocycles. The van der Waals surface area contributed by atoms with Crippen LogP contribution < -0.4 is 5.73 Å². The van der Waals surface area contributed by atoms with Crippen molar-refractivity contribution >= 4 is 15.7 Å². The molecule has 0 spiro atoms. The third kappa shape index (κ3) is 3.93. The van der Waals surface area contributed by atoms with E-state index in [-0.39, 0.29) is 12.2 Å². The van der Waals surface area contributed by atoms with Crippen LogP contribution in [0.1, 0.15) is 18.4 Å². The van der Waals surface area contributed by atoms with E-state index in [4.69, 9.17) is 10.5 Å². The Morgan fingerprint density at radius 2 is 2.10 bits per heavy atom. The summed E-state index contributed by atoms with van der Waals surface area (Å²) in [6, 6.07) is 2.31. The van der Waals surface area contributed by atoms with Crippen LogP contribution in [0, 0.1) is 18.7 Å². The zero-order chi connectivity index (χ0) is 15.6. The topological polar surface area (TPSA) is 72.6 Å². The van der Waals surface area contributed by atoms with E-state index < -0.39 is 20.7 Å². The van der Waals surface area contributed by atoms with E-state index in [1.54, 1.807) is 6.92 Å². The molecule has 0 bridgehead atoms. The van der Waals surface area contributed by atoms with Crippen molar-refractivity contribution in [1.29, 1.82) is 0 Å². The number of sulfonamides is 1. The second kappa shape index (κ2) is 6.29. The van der Waals surface area contributed by atoms with Gasteiger partial charge < -0.3 is 10.5 Å². The van der Waals surface area contributed by atoms with Gasteiger partial charge in [0, 0.05) is 25.9 Å². The predicted octanol–water partition coefficient (Wildman–Crippen LogP) is 1.76. The maximum absolute atomic E-state index is 13.9. The maximum atomic E-state index is 13.9. The summed E-state index contributed by atoms with van der Waals surface area (Å²) in [7, 11) is -2.49. The van der Waals surface area contributed by atoms with Crippen LogP contribution in [0.5, 0.6) is 0 Å². The highest BCUT2D eigenvalue weighted by Crippen LogP contribution is 2.28. The summed E-state index contributed by atoms with van der Waals surface area (Å²) in [6.45, 7) is 2.78. The Labute approximate surface area is 124 Å². The molecule has 0 aliphatic heterocycles. The summed E-state index contributed by atoms with van der Waals surface area (Å²) in [6.07, 6.45) is 2.37. The van der Waals surface area contributed by atoms with Crippen molar-refractivity contribution in [3.05, 3.63) is 23.5 Å². The molecule has 21 heavy (non-hydrogen) atoms. The van der Waals surface area contributed by atoms with Crippen LogP contribution >= 0.6 is 0 Å². The van der Waals surface area contributed by atoms with Gasteiger partial charge in [0.1, 0.15) is 10.7 Å². The van der Waals surface area contributed by atoms with Gasteiger partial charge in [-0.3, -0.25) is 0 Å². The summed E-state index contributed by atoms with van der Waals surface area (Å²) in [5, 5.41) is 0. The number of benzene rings is 1. The lowest BCUT2D eigenvalue weighted by molar-refractivity contribution is 0.117. The van der Waals surface area contributed by atoms with Crippen LogP contribution in [0.2, 0.25) is 0 Å². The molecule has 0 radical (unpaired) electrons. The Morgan fingerprint density at radius 3 is 2.71 bits per heavy atom. The van der Waals surface area contributed by atoms with Gasteiger partial charge >= 0.3 is 0 Å². The van der Waals surface area contributed by atoms with Crippen molar-refractivity contribution in [3.63, 3.8) is 0 Å². The van der Waals surface area contributed by atoms with E-state index in [9.17, 15) is 12.8 Å². The van der Waals surface area contributed by atoms with E-state index >= 15 is 0 Å². The largest absolute Gasteiger partial charge is 0.398 e. The van der Waals surface area contributed by atoms with Gasteiger partial charge in [-0.05, 0) is 43.4 Å². The number of likely N-dealkylation sites (N-methyl/N-ethyl adjacent to an activating group) is 1. The van der Waals surface area contributed by atoms with Crippen LogP contribution in [0.15, 0.2) is 17.0 Å². The van der Waals surface area contributed by atoms with Gasteiger partial charge in [0.15, 0.2) is 0 Å². The highest BCUT2D eigenvalue weighted by molar-refractivity contribution is 7.89. The van der Waals surface area contributed by atoms with Crippen LogP contribution in [0.4, 0.5) is 10.1 Å². The quantitative estimate of drug-likeness (QED) is 0.614. The monoisotopic (exact) mass is 316 g/mol. The first-order valence-corrected chi connectivity index (χ1v) is 8.36. The molecular weight excluding hydrogens is 295 g/mol. The Kier molecular flexibility index (Phi) is 4.85. The first-order chi connectivity index (χ1) is 9.82. The van der Waals surface area contributed by atoms with E-state index in [0.717, 1.165) is 10.4 Å². The normalized spacial score (nSPS) is 15.6. The fourth-order valence-corrected chi connectivity index (χ4v) is 3.11. The number of hydrogen-bond acceptors (Lipinski definition) is 4. The number of ether oxygens (including phenoxy) is 1. The molecule has 2 N–H and O–H groups in total. The van der Waals surface area contributed by atoms with Gasteiger partial charge in [-0.1, -0.05) is 0 Å². The molecule has 0 amide bonds. The molecular formula is C14H21FN2O3S. The Balaban J connectivity index is 2.03. The second-order valence-corrected chi connectivity index (χ2v) is 7.50. The van der Waals surface area contributed by atoms with Gasteiger partial charge in [0.05, 0.1) is 6.61 Å². The molecule has 0 atom stereocenters. The molecule has 1 saturated carbocycles. The van der Waals surface area contributed by atoms with Crippen molar-refractivity contribution < 1.29 is 17.5 Å². The smallest absolute Gasteiger partial charge is 0.245 e. The summed E-state index contributed by atoms with van der Waals surface area (Å²) in [5.41, 5.74) is 6.45. The third-order valence-corrected chi connectivity index (χ3v) is 5.48. The van der Waals surface area contributed by atoms with Gasteiger partial charge in [0.25, 0.3) is 0 Å². The number of halogens is 1. The molecule has 1 aromatic rings. The molecule has 1 aliphatic rings. The zero-order valence-electron chi connectivity index (χ0n) is 12.3. The van der Waals surface area contributed by atoms with Crippen LogP contribution in [-0.2, 0) is 14.8 Å². The second-order valence-electron chi connectivity index (χ2n) is 5.48. The maximum Gasteiger partial charge on any atom is 0.245 e. The van der Waals surface area contributed by atoms with E-state index in [1.807, 2.05) is 0 Å². The Bertz CT molecular complexity index is 615. The number of aryl methyl sites for hydroxylation is 1. The van der Waals surface area contributed by atoms with E-state index in [1.165, 1.54) is 26.0 Å². The third-order valence-electron chi connectivity index (χ3n) is 3.61. The molecule has 5 nitrogen and oxygen atoms in total. The number of nitrogens with two attached hydrogens (primary N) is 1. The minimum atomic E-state index is -3.90. The molecule has 118 valence electrons. The van der Waals surface area contributed by atoms with E-state index in [2.05, 4.69) is 0 Å². The van der Waals surface area contributed by atoms with Gasteiger partial charge in [-0.25, -0.2) is 12.8 Å². The average Bonchev–Trinajstić information content (AvgIpc) is 3.22. The van der Waals surface area contributed by atoms with Crippen molar-refractivity contribution in [2.24, 2.45) is 5.92 Å². The number of nitrogens with zero attached hydrogens (tertiary/aromatic N) is 1. The average molecular weight is 316 g/mol. The zero-order valence-corrected chi connectivity index (χ0v) is 13.1. The summed E-state index contributed by atoms with van der Waals surface area (Å²) < 4.78 is 45.1. The first kappa shape index (κ1) is 16.2. The summed E-state index contributed by atoms with van der Waals surface area (Å²) >= 11 is 0. The standard InChI is InChI=1S/C14H21FN2O3S/c1-10-7-12(15)14(8-13(10)16)21(18,19)17(2)5-6-20-9-11-3-4-11/h7-8,11H,3-6,9,16H2,1-2H3. The highest BCUT2D eigenvalue weighted by Gasteiger charge is 2.26. The van der Waals surface area contributed by atoms with Crippen LogP contribution in [-0.4, -0.2) is 39.5 Å². The molecule has 1 aliphatic carbocycles. The molecule has 7 heteroatoms. The number of anilines is 1. The predicted molar refractivity (Wildman–Crippen MR) is 78.9 cm³/mol. The number of rotatable bonds is 7. The van der Waals surface area contributed by atoms with Crippen LogP contribution in [0.3, 0.4) is 0 Å². The molecule has 0 saturated heterocycles. The van der Waals surface area contributed by atoms with Crippen molar-refractivity contribution in [3.8, 4) is 0 Å².